The van der Waals surface area contributed by atoms with E-state index in [1.54, 1.807) is 11.0 Å². The van der Waals surface area contributed by atoms with Gasteiger partial charge in [-0.25, -0.2) is 9.97 Å². The average Bonchev–Trinajstić information content (AvgIpc) is 3.46. The Kier molecular flexibility index (Phi) is 5.01. The van der Waals surface area contributed by atoms with Crippen molar-refractivity contribution in [2.24, 2.45) is 7.05 Å². The molecule has 0 atom stereocenters. The number of anilines is 1. The zero-order valence-electron chi connectivity index (χ0n) is 18.7. The molecule has 1 fully saturated rings. The lowest BCUT2D eigenvalue weighted by molar-refractivity contribution is 0.0925. The number of hydrogen-bond donors (Lipinski definition) is 0. The molecule has 0 unspecified atom stereocenters. The van der Waals surface area contributed by atoms with E-state index in [-0.39, 0.29) is 5.78 Å². The molecule has 0 N–H and O–H groups in total. The van der Waals surface area contributed by atoms with Gasteiger partial charge in [0.1, 0.15) is 17.9 Å². The molecule has 0 bridgehead atoms. The third-order valence-corrected chi connectivity index (χ3v) is 6.12. The van der Waals surface area contributed by atoms with E-state index < -0.39 is 0 Å². The first-order valence-corrected chi connectivity index (χ1v) is 10.7. The van der Waals surface area contributed by atoms with Crippen LogP contribution in [0.4, 0.5) is 5.82 Å². The molecule has 10 heteroatoms. The number of piperazine rings is 1. The Morgan fingerprint density at radius 2 is 1.88 bits per heavy atom. The van der Waals surface area contributed by atoms with Crippen molar-refractivity contribution in [3.8, 4) is 5.82 Å². The van der Waals surface area contributed by atoms with Gasteiger partial charge >= 0.3 is 0 Å². The number of carbonyl (C=O) groups is 1. The van der Waals surface area contributed by atoms with E-state index in [1.807, 2.05) is 50.7 Å². The van der Waals surface area contributed by atoms with E-state index in [2.05, 4.69) is 30.0 Å². The first kappa shape index (κ1) is 20.4. The largest absolute Gasteiger partial charge is 0.360 e. The second kappa shape index (κ2) is 7.86. The summed E-state index contributed by atoms with van der Waals surface area (Å²) in [5.41, 5.74) is 3.41. The van der Waals surface area contributed by atoms with Gasteiger partial charge in [-0.3, -0.25) is 18.9 Å². The molecule has 1 saturated heterocycles. The number of aryl methyl sites for hydroxylation is 3. The maximum absolute atomic E-state index is 13.1. The van der Waals surface area contributed by atoms with Crippen LogP contribution in [-0.2, 0) is 7.05 Å². The summed E-state index contributed by atoms with van der Waals surface area (Å²) in [4.78, 5) is 26.4. The molecular weight excluding hydrogens is 408 g/mol. The van der Waals surface area contributed by atoms with Crippen LogP contribution in [0.25, 0.3) is 16.9 Å². The smallest absolute Gasteiger partial charge is 0.180 e. The molecule has 5 rings (SSSR count). The van der Waals surface area contributed by atoms with Crippen molar-refractivity contribution >= 4 is 22.6 Å². The summed E-state index contributed by atoms with van der Waals surface area (Å²) >= 11 is 0. The summed E-state index contributed by atoms with van der Waals surface area (Å²) in [6.45, 7) is 9.36. The fraction of sp³-hybridized carbons (Fsp3) is 0.409. The molecule has 1 aliphatic heterocycles. The zero-order chi connectivity index (χ0) is 22.4. The molecule has 4 aromatic heterocycles. The van der Waals surface area contributed by atoms with Crippen LogP contribution in [0.15, 0.2) is 29.2 Å². The Morgan fingerprint density at radius 1 is 1.09 bits per heavy atom. The molecule has 1 aliphatic rings. The lowest BCUT2D eigenvalue weighted by Gasteiger charge is -2.35. The highest BCUT2D eigenvalue weighted by molar-refractivity contribution is 5.99. The van der Waals surface area contributed by atoms with Gasteiger partial charge in [0.2, 0.25) is 0 Å². The van der Waals surface area contributed by atoms with E-state index in [0.717, 1.165) is 65.7 Å². The highest BCUT2D eigenvalue weighted by Crippen LogP contribution is 2.24. The van der Waals surface area contributed by atoms with E-state index in [4.69, 9.17) is 4.52 Å². The van der Waals surface area contributed by atoms with E-state index >= 15 is 0 Å². The van der Waals surface area contributed by atoms with Crippen molar-refractivity contribution in [3.63, 3.8) is 0 Å². The van der Waals surface area contributed by atoms with Gasteiger partial charge in [0, 0.05) is 56.2 Å². The van der Waals surface area contributed by atoms with Crippen LogP contribution in [0.2, 0.25) is 0 Å². The molecule has 166 valence electrons. The van der Waals surface area contributed by atoms with E-state index in [0.29, 0.717) is 12.4 Å². The number of ketones is 1. The van der Waals surface area contributed by atoms with Gasteiger partial charge < -0.3 is 9.42 Å². The van der Waals surface area contributed by atoms with Crippen LogP contribution < -0.4 is 4.90 Å². The molecular formula is C22H26N8O2. The second-order valence-electron chi connectivity index (χ2n) is 8.31. The van der Waals surface area contributed by atoms with Gasteiger partial charge in [-0.05, 0) is 26.8 Å². The molecule has 5 heterocycles. The monoisotopic (exact) mass is 434 g/mol. The predicted octanol–water partition coefficient (Wildman–Crippen LogP) is 2.07. The van der Waals surface area contributed by atoms with Gasteiger partial charge in [0.15, 0.2) is 17.2 Å². The summed E-state index contributed by atoms with van der Waals surface area (Å²) < 4.78 is 8.94. The minimum Gasteiger partial charge on any atom is -0.360 e. The molecule has 0 aliphatic carbocycles. The van der Waals surface area contributed by atoms with Gasteiger partial charge in [0.25, 0.3) is 0 Å². The van der Waals surface area contributed by atoms with Crippen molar-refractivity contribution in [1.29, 1.82) is 0 Å². The van der Waals surface area contributed by atoms with Crippen LogP contribution in [-0.4, -0.2) is 72.9 Å². The number of nitrogens with zero attached hydrogens (tertiary/aromatic N) is 8. The lowest BCUT2D eigenvalue weighted by atomic mass is 10.1. The Hall–Kier alpha value is -3.53. The fourth-order valence-electron chi connectivity index (χ4n) is 4.46. The van der Waals surface area contributed by atoms with Crippen molar-refractivity contribution < 1.29 is 9.32 Å². The van der Waals surface area contributed by atoms with Crippen LogP contribution in [0.1, 0.15) is 27.5 Å². The second-order valence-corrected chi connectivity index (χ2v) is 8.31. The topological polar surface area (TPSA) is 98.1 Å². The standard InChI is InChI=1S/C22H26N8O2/c1-14-9-17(16(3)30(14)20-10-15(2)32-26-20)19(31)12-28-5-7-29(8-6-28)22-18-11-25-27(4)21(18)23-13-24-22/h9-11,13H,5-8,12H2,1-4H3. The van der Waals surface area contributed by atoms with Crippen molar-refractivity contribution in [1.82, 2.24) is 34.4 Å². The first-order valence-electron chi connectivity index (χ1n) is 10.7. The number of fused-ring (bicyclic) bond motifs is 1. The van der Waals surface area contributed by atoms with Gasteiger partial charge in [-0.1, -0.05) is 5.16 Å². The minimum atomic E-state index is 0.120. The van der Waals surface area contributed by atoms with E-state index in [9.17, 15) is 4.79 Å². The van der Waals surface area contributed by atoms with Crippen LogP contribution >= 0.6 is 0 Å². The normalized spacial score (nSPS) is 15.1. The molecule has 10 nitrogen and oxygen atoms in total. The maximum Gasteiger partial charge on any atom is 0.180 e. The summed E-state index contributed by atoms with van der Waals surface area (Å²) in [7, 11) is 1.88. The fourth-order valence-corrected chi connectivity index (χ4v) is 4.46. The summed E-state index contributed by atoms with van der Waals surface area (Å²) in [5, 5.41) is 9.35. The maximum atomic E-state index is 13.1. The number of Topliss-reactive ketones (excluding diaryl/α,β-unsaturated/α-hetero) is 1. The zero-order valence-corrected chi connectivity index (χ0v) is 18.7. The van der Waals surface area contributed by atoms with Crippen molar-refractivity contribution in [2.45, 2.75) is 20.8 Å². The molecule has 4 aromatic rings. The van der Waals surface area contributed by atoms with Crippen LogP contribution in [0.3, 0.4) is 0 Å². The number of rotatable bonds is 5. The number of hydrogen-bond acceptors (Lipinski definition) is 8. The predicted molar refractivity (Wildman–Crippen MR) is 119 cm³/mol. The third-order valence-electron chi connectivity index (χ3n) is 6.12. The lowest BCUT2D eigenvalue weighted by Crippen LogP contribution is -2.48. The number of carbonyl (C=O) groups excluding carboxylic acids is 1. The quantitative estimate of drug-likeness (QED) is 0.440. The van der Waals surface area contributed by atoms with Crippen LogP contribution in [0.5, 0.6) is 0 Å². The summed E-state index contributed by atoms with van der Waals surface area (Å²) in [5.74, 6) is 2.47. The Labute approximate surface area is 185 Å². The number of aromatic nitrogens is 6. The molecule has 32 heavy (non-hydrogen) atoms. The highest BCUT2D eigenvalue weighted by Gasteiger charge is 2.24. The third kappa shape index (κ3) is 3.46. The Bertz CT molecular complexity index is 1290. The summed E-state index contributed by atoms with van der Waals surface area (Å²) in [6, 6.07) is 3.82. The Balaban J connectivity index is 1.27. The average molecular weight is 435 g/mol. The van der Waals surface area contributed by atoms with Gasteiger partial charge in [-0.2, -0.15) is 5.10 Å². The van der Waals surface area contributed by atoms with Crippen LogP contribution in [0, 0.1) is 20.8 Å². The van der Waals surface area contributed by atoms with Crippen molar-refractivity contribution in [3.05, 3.63) is 47.4 Å². The molecule has 0 amide bonds. The Morgan fingerprint density at radius 3 is 2.59 bits per heavy atom. The van der Waals surface area contributed by atoms with E-state index in [1.165, 1.54) is 0 Å². The SMILES string of the molecule is Cc1cc(-n2c(C)cc(C(=O)CN3CCN(c4ncnc5c4cnn5C)CC3)c2C)no1. The summed E-state index contributed by atoms with van der Waals surface area (Å²) in [6.07, 6.45) is 3.40. The van der Waals surface area contributed by atoms with Gasteiger partial charge in [-0.15, -0.1) is 0 Å². The highest BCUT2D eigenvalue weighted by atomic mass is 16.5. The first-order chi connectivity index (χ1) is 15.4. The minimum absolute atomic E-state index is 0.120. The van der Waals surface area contributed by atoms with Gasteiger partial charge in [0.05, 0.1) is 18.1 Å². The molecule has 0 aromatic carbocycles. The van der Waals surface area contributed by atoms with Crippen molar-refractivity contribution in [2.75, 3.05) is 37.6 Å². The molecule has 0 saturated carbocycles. The molecule has 0 spiro atoms. The molecule has 0 radical (unpaired) electrons.